The topological polar surface area (TPSA) is 116 Å². The van der Waals surface area contributed by atoms with Gasteiger partial charge >= 0.3 is 6.03 Å². The van der Waals surface area contributed by atoms with Crippen molar-refractivity contribution in [2.24, 2.45) is 0 Å². The van der Waals surface area contributed by atoms with Crippen LogP contribution in [0, 0.1) is 5.82 Å². The zero-order valence-corrected chi connectivity index (χ0v) is 19.4. The molecule has 2 heterocycles. The number of halogens is 1. The van der Waals surface area contributed by atoms with Crippen molar-refractivity contribution < 1.29 is 27.2 Å². The summed E-state index contributed by atoms with van der Waals surface area (Å²) in [5.41, 5.74) is -0.746. The molecule has 2 fully saturated rings. The molecular formula is C23H25FN4O5S. The SMILES string of the molecule is CC[C@]1(c2ccc(F)cc2)NC(=O)N(CC(=O)Nc2cccc(S(=O)(=O)N3CCCC3)c2)C1=O. The summed E-state index contributed by atoms with van der Waals surface area (Å²) in [6, 6.07) is 10.4. The summed E-state index contributed by atoms with van der Waals surface area (Å²) in [5, 5.41) is 5.19. The Morgan fingerprint density at radius 1 is 1.12 bits per heavy atom. The number of carbonyl (C=O) groups is 3. The van der Waals surface area contributed by atoms with E-state index in [1.165, 1.54) is 52.8 Å². The highest BCUT2D eigenvalue weighted by Crippen LogP contribution is 2.32. The fourth-order valence-electron chi connectivity index (χ4n) is 4.30. The minimum atomic E-state index is -3.66. The minimum absolute atomic E-state index is 0.0588. The van der Waals surface area contributed by atoms with Gasteiger partial charge in [0.05, 0.1) is 4.90 Å². The van der Waals surface area contributed by atoms with Gasteiger partial charge in [0.2, 0.25) is 15.9 Å². The van der Waals surface area contributed by atoms with Crippen molar-refractivity contribution in [2.75, 3.05) is 25.0 Å². The van der Waals surface area contributed by atoms with Crippen molar-refractivity contribution in [3.05, 3.63) is 59.9 Å². The number of rotatable bonds is 7. The van der Waals surface area contributed by atoms with Gasteiger partial charge in [0.25, 0.3) is 5.91 Å². The van der Waals surface area contributed by atoms with Gasteiger partial charge in [0.15, 0.2) is 0 Å². The Kier molecular flexibility index (Phi) is 6.41. The van der Waals surface area contributed by atoms with Gasteiger partial charge in [0.1, 0.15) is 17.9 Å². The molecule has 11 heteroatoms. The first-order valence-corrected chi connectivity index (χ1v) is 12.4. The minimum Gasteiger partial charge on any atom is -0.324 e. The van der Waals surface area contributed by atoms with Crippen LogP contribution >= 0.6 is 0 Å². The van der Waals surface area contributed by atoms with Gasteiger partial charge in [-0.05, 0) is 55.2 Å². The molecule has 9 nitrogen and oxygen atoms in total. The highest BCUT2D eigenvalue weighted by Gasteiger charge is 2.51. The average molecular weight is 489 g/mol. The Hall–Kier alpha value is -3.31. The number of anilines is 1. The van der Waals surface area contributed by atoms with Gasteiger partial charge < -0.3 is 10.6 Å². The molecule has 0 unspecified atom stereocenters. The molecule has 0 saturated carbocycles. The van der Waals surface area contributed by atoms with E-state index in [0.29, 0.717) is 18.7 Å². The van der Waals surface area contributed by atoms with E-state index < -0.39 is 45.8 Å². The van der Waals surface area contributed by atoms with Gasteiger partial charge in [-0.2, -0.15) is 4.31 Å². The third kappa shape index (κ3) is 4.28. The van der Waals surface area contributed by atoms with Crippen LogP contribution in [0.4, 0.5) is 14.9 Å². The molecule has 4 amide bonds. The molecule has 2 aromatic rings. The molecule has 2 N–H and O–H groups in total. The van der Waals surface area contributed by atoms with Crippen LogP contribution in [0.1, 0.15) is 31.7 Å². The van der Waals surface area contributed by atoms with E-state index >= 15 is 0 Å². The lowest BCUT2D eigenvalue weighted by Crippen LogP contribution is -2.44. The first kappa shape index (κ1) is 23.8. The highest BCUT2D eigenvalue weighted by molar-refractivity contribution is 7.89. The van der Waals surface area contributed by atoms with Crippen LogP contribution in [-0.2, 0) is 25.2 Å². The molecular weight excluding hydrogens is 463 g/mol. The summed E-state index contributed by atoms with van der Waals surface area (Å²) in [5.74, 6) is -1.76. The number of sulfonamides is 1. The average Bonchev–Trinajstić information content (AvgIpc) is 3.44. The van der Waals surface area contributed by atoms with Crippen molar-refractivity contribution in [3.8, 4) is 0 Å². The normalized spacial score (nSPS) is 21.1. The van der Waals surface area contributed by atoms with E-state index in [-0.39, 0.29) is 17.0 Å². The number of hydrogen-bond acceptors (Lipinski definition) is 5. The molecule has 4 rings (SSSR count). The lowest BCUT2D eigenvalue weighted by Gasteiger charge is -2.25. The molecule has 34 heavy (non-hydrogen) atoms. The van der Waals surface area contributed by atoms with Gasteiger partial charge in [-0.15, -0.1) is 0 Å². The van der Waals surface area contributed by atoms with Crippen LogP contribution in [0.3, 0.4) is 0 Å². The van der Waals surface area contributed by atoms with Crippen molar-refractivity contribution in [2.45, 2.75) is 36.6 Å². The van der Waals surface area contributed by atoms with Crippen LogP contribution in [-0.4, -0.2) is 55.1 Å². The molecule has 0 aromatic heterocycles. The van der Waals surface area contributed by atoms with Gasteiger partial charge in [-0.25, -0.2) is 17.6 Å². The van der Waals surface area contributed by atoms with Gasteiger partial charge in [0, 0.05) is 18.8 Å². The Morgan fingerprint density at radius 3 is 2.44 bits per heavy atom. The Bertz CT molecular complexity index is 1230. The predicted molar refractivity (Wildman–Crippen MR) is 122 cm³/mol. The van der Waals surface area contributed by atoms with E-state index in [9.17, 15) is 27.2 Å². The smallest absolute Gasteiger partial charge is 0.324 e. The van der Waals surface area contributed by atoms with E-state index in [1.807, 2.05) is 0 Å². The number of amides is 4. The number of nitrogens with zero attached hydrogens (tertiary/aromatic N) is 2. The Morgan fingerprint density at radius 2 is 1.79 bits per heavy atom. The summed E-state index contributed by atoms with van der Waals surface area (Å²) in [6.07, 6.45) is 1.81. The number of nitrogens with one attached hydrogen (secondary N) is 2. The Balaban J connectivity index is 1.49. The molecule has 2 aliphatic rings. The molecule has 180 valence electrons. The maximum absolute atomic E-state index is 13.3. The molecule has 2 aliphatic heterocycles. The van der Waals surface area contributed by atoms with E-state index in [2.05, 4.69) is 10.6 Å². The van der Waals surface area contributed by atoms with Gasteiger partial charge in [-0.3, -0.25) is 14.5 Å². The lowest BCUT2D eigenvalue weighted by atomic mass is 9.87. The maximum atomic E-state index is 13.3. The number of hydrogen-bond donors (Lipinski definition) is 2. The van der Waals surface area contributed by atoms with Crippen molar-refractivity contribution in [1.82, 2.24) is 14.5 Å². The molecule has 1 atom stereocenters. The third-order valence-electron chi connectivity index (χ3n) is 6.17. The third-order valence-corrected chi connectivity index (χ3v) is 8.06. The number of benzene rings is 2. The van der Waals surface area contributed by atoms with Crippen molar-refractivity contribution in [3.63, 3.8) is 0 Å². The van der Waals surface area contributed by atoms with Crippen LogP contribution < -0.4 is 10.6 Å². The zero-order valence-electron chi connectivity index (χ0n) is 18.6. The fourth-order valence-corrected chi connectivity index (χ4v) is 5.86. The molecule has 0 aliphatic carbocycles. The number of urea groups is 1. The second kappa shape index (κ2) is 9.15. The van der Waals surface area contributed by atoms with Gasteiger partial charge in [-0.1, -0.05) is 25.1 Å². The fraction of sp³-hybridized carbons (Fsp3) is 0.348. The van der Waals surface area contributed by atoms with Crippen LogP contribution in [0.25, 0.3) is 0 Å². The van der Waals surface area contributed by atoms with E-state index in [1.54, 1.807) is 6.92 Å². The second-order valence-corrected chi connectivity index (χ2v) is 10.2. The summed E-state index contributed by atoms with van der Waals surface area (Å²) < 4.78 is 40.3. The van der Waals surface area contributed by atoms with Crippen molar-refractivity contribution >= 4 is 33.6 Å². The lowest BCUT2D eigenvalue weighted by molar-refractivity contribution is -0.134. The maximum Gasteiger partial charge on any atom is 0.325 e. The standard InChI is InChI=1S/C23H25FN4O5S/c1-2-23(16-8-10-17(24)11-9-16)21(30)28(22(31)26-23)15-20(29)25-18-6-5-7-19(14-18)34(32,33)27-12-3-4-13-27/h5-11,14H,2-4,12-13,15H2,1H3,(H,25,29)(H,26,31)/t23-/m1/s1. The highest BCUT2D eigenvalue weighted by atomic mass is 32.2. The largest absolute Gasteiger partial charge is 0.325 e. The summed E-state index contributed by atoms with van der Waals surface area (Å²) in [7, 11) is -3.66. The van der Waals surface area contributed by atoms with E-state index in [4.69, 9.17) is 0 Å². The number of carbonyl (C=O) groups excluding carboxylic acids is 3. The van der Waals surface area contributed by atoms with Crippen LogP contribution in [0.2, 0.25) is 0 Å². The molecule has 0 radical (unpaired) electrons. The molecule has 0 spiro atoms. The zero-order chi connectivity index (χ0) is 24.5. The molecule has 0 bridgehead atoms. The van der Waals surface area contributed by atoms with Crippen LogP contribution in [0.5, 0.6) is 0 Å². The monoisotopic (exact) mass is 488 g/mol. The first-order valence-electron chi connectivity index (χ1n) is 11.0. The second-order valence-electron chi connectivity index (χ2n) is 8.27. The Labute approximate surface area is 197 Å². The molecule has 2 aromatic carbocycles. The van der Waals surface area contributed by atoms with Crippen LogP contribution in [0.15, 0.2) is 53.4 Å². The van der Waals surface area contributed by atoms with Crippen molar-refractivity contribution in [1.29, 1.82) is 0 Å². The predicted octanol–water partition coefficient (Wildman–Crippen LogP) is 2.41. The summed E-state index contributed by atoms with van der Waals surface area (Å²) in [6.45, 7) is 2.06. The molecule has 2 saturated heterocycles. The number of imide groups is 1. The summed E-state index contributed by atoms with van der Waals surface area (Å²) >= 11 is 0. The summed E-state index contributed by atoms with van der Waals surface area (Å²) in [4.78, 5) is 39.3. The first-order chi connectivity index (χ1) is 16.2. The van der Waals surface area contributed by atoms with E-state index in [0.717, 1.165) is 17.7 Å². The quantitative estimate of drug-likeness (QED) is 0.581.